The second-order valence-electron chi connectivity index (χ2n) is 2.85. The summed E-state index contributed by atoms with van der Waals surface area (Å²) in [6, 6.07) is 6.64. The lowest BCUT2D eigenvalue weighted by atomic mass is 10.1. The first-order chi connectivity index (χ1) is 6.61. The van der Waals surface area contributed by atoms with E-state index in [1.54, 1.807) is 18.2 Å². The van der Waals surface area contributed by atoms with E-state index in [4.69, 9.17) is 34.8 Å². The Balaban J connectivity index is 3.02. The average molecular weight is 248 g/mol. The van der Waals surface area contributed by atoms with Gasteiger partial charge in [0.25, 0.3) is 0 Å². The van der Waals surface area contributed by atoms with Gasteiger partial charge in [0, 0.05) is 10.8 Å². The number of hydrogen-bond acceptors (Lipinski definition) is 1. The van der Waals surface area contributed by atoms with Crippen LogP contribution in [0.15, 0.2) is 24.3 Å². The van der Waals surface area contributed by atoms with Crippen LogP contribution in [0.25, 0.3) is 10.8 Å². The molecule has 4 heteroatoms. The van der Waals surface area contributed by atoms with Gasteiger partial charge in [0.15, 0.2) is 0 Å². The number of hydrogen-bond donors (Lipinski definition) is 1. The van der Waals surface area contributed by atoms with Gasteiger partial charge in [0.05, 0.1) is 15.1 Å². The molecule has 0 spiro atoms. The van der Waals surface area contributed by atoms with Gasteiger partial charge in [-0.25, -0.2) is 0 Å². The van der Waals surface area contributed by atoms with Gasteiger partial charge >= 0.3 is 0 Å². The fourth-order valence-electron chi connectivity index (χ4n) is 1.34. The van der Waals surface area contributed by atoms with Gasteiger partial charge < -0.3 is 5.11 Å². The number of fused-ring (bicyclic) bond motifs is 1. The fourth-order valence-corrected chi connectivity index (χ4v) is 2.25. The molecular formula is C10H5Cl3O. The molecule has 0 saturated heterocycles. The van der Waals surface area contributed by atoms with Gasteiger partial charge in [0.2, 0.25) is 0 Å². The number of benzene rings is 2. The SMILES string of the molecule is Oc1c(Cl)cc(Cl)c2c(Cl)cccc12. The maximum absolute atomic E-state index is 9.66. The molecule has 0 fully saturated rings. The molecule has 0 aromatic heterocycles. The van der Waals surface area contributed by atoms with Crippen molar-refractivity contribution >= 4 is 45.6 Å². The standard InChI is InChI=1S/C10H5Cl3O/c11-6-3-1-2-5-9(6)7(12)4-8(13)10(5)14/h1-4,14H. The van der Waals surface area contributed by atoms with Gasteiger partial charge in [-0.1, -0.05) is 46.9 Å². The molecule has 0 atom stereocenters. The van der Waals surface area contributed by atoms with Crippen LogP contribution in [0.2, 0.25) is 15.1 Å². The van der Waals surface area contributed by atoms with Crippen LogP contribution in [0.1, 0.15) is 0 Å². The van der Waals surface area contributed by atoms with Crippen molar-refractivity contribution in [2.24, 2.45) is 0 Å². The summed E-state index contributed by atoms with van der Waals surface area (Å²) in [7, 11) is 0. The first-order valence-electron chi connectivity index (χ1n) is 3.86. The van der Waals surface area contributed by atoms with Crippen molar-refractivity contribution in [1.82, 2.24) is 0 Å². The van der Waals surface area contributed by atoms with E-state index in [0.717, 1.165) is 0 Å². The molecule has 0 radical (unpaired) electrons. The van der Waals surface area contributed by atoms with Crippen LogP contribution >= 0.6 is 34.8 Å². The van der Waals surface area contributed by atoms with Crippen molar-refractivity contribution in [1.29, 1.82) is 0 Å². The van der Waals surface area contributed by atoms with Gasteiger partial charge in [-0.2, -0.15) is 0 Å². The topological polar surface area (TPSA) is 20.2 Å². The van der Waals surface area contributed by atoms with Gasteiger partial charge in [-0.3, -0.25) is 0 Å². The maximum Gasteiger partial charge on any atom is 0.142 e. The highest BCUT2D eigenvalue weighted by Crippen LogP contribution is 2.40. The van der Waals surface area contributed by atoms with E-state index in [1.165, 1.54) is 6.07 Å². The van der Waals surface area contributed by atoms with E-state index < -0.39 is 0 Å². The molecule has 0 saturated carbocycles. The number of aromatic hydroxyl groups is 1. The van der Waals surface area contributed by atoms with Crippen molar-refractivity contribution in [3.63, 3.8) is 0 Å². The molecule has 0 bridgehead atoms. The van der Waals surface area contributed by atoms with Crippen LogP contribution in [0, 0.1) is 0 Å². The Kier molecular flexibility index (Phi) is 2.48. The van der Waals surface area contributed by atoms with Crippen LogP contribution in [0.4, 0.5) is 0 Å². The largest absolute Gasteiger partial charge is 0.506 e. The molecule has 0 heterocycles. The van der Waals surface area contributed by atoms with Crippen LogP contribution in [-0.4, -0.2) is 5.11 Å². The van der Waals surface area contributed by atoms with E-state index in [-0.39, 0.29) is 10.8 Å². The normalized spacial score (nSPS) is 10.8. The van der Waals surface area contributed by atoms with Crippen molar-refractivity contribution in [2.45, 2.75) is 0 Å². The zero-order valence-electron chi connectivity index (χ0n) is 6.89. The average Bonchev–Trinajstić information content (AvgIpc) is 2.14. The number of phenols is 1. The Morgan fingerprint density at radius 2 is 1.64 bits per heavy atom. The molecule has 1 nitrogen and oxygen atoms in total. The summed E-state index contributed by atoms with van der Waals surface area (Å²) in [6.45, 7) is 0. The quantitative estimate of drug-likeness (QED) is 0.726. The highest BCUT2D eigenvalue weighted by Gasteiger charge is 2.10. The predicted octanol–water partition coefficient (Wildman–Crippen LogP) is 4.51. The maximum atomic E-state index is 9.66. The lowest BCUT2D eigenvalue weighted by Gasteiger charge is -2.06. The summed E-state index contributed by atoms with van der Waals surface area (Å²) in [5.41, 5.74) is 0. The van der Waals surface area contributed by atoms with Crippen molar-refractivity contribution in [2.75, 3.05) is 0 Å². The monoisotopic (exact) mass is 246 g/mol. The molecular weight excluding hydrogens is 242 g/mol. The van der Waals surface area contributed by atoms with Crippen molar-refractivity contribution in [3.05, 3.63) is 39.3 Å². The fraction of sp³-hybridized carbons (Fsp3) is 0. The van der Waals surface area contributed by atoms with Gasteiger partial charge in [-0.15, -0.1) is 0 Å². The minimum atomic E-state index is 0.00793. The van der Waals surface area contributed by atoms with Crippen LogP contribution < -0.4 is 0 Å². The highest BCUT2D eigenvalue weighted by molar-refractivity contribution is 6.44. The number of halogens is 3. The Labute approximate surface area is 95.8 Å². The van der Waals surface area contributed by atoms with E-state index in [9.17, 15) is 5.11 Å². The minimum Gasteiger partial charge on any atom is -0.506 e. The summed E-state index contributed by atoms with van der Waals surface area (Å²) >= 11 is 17.7. The Hall–Kier alpha value is -0.630. The Bertz CT molecular complexity index is 508. The van der Waals surface area contributed by atoms with Gasteiger partial charge in [-0.05, 0) is 12.1 Å². The summed E-state index contributed by atoms with van der Waals surface area (Å²) in [5.74, 6) is 0.00793. The Morgan fingerprint density at radius 3 is 2.36 bits per heavy atom. The lowest BCUT2D eigenvalue weighted by Crippen LogP contribution is -1.79. The molecule has 2 aromatic carbocycles. The van der Waals surface area contributed by atoms with E-state index in [1.807, 2.05) is 0 Å². The van der Waals surface area contributed by atoms with E-state index in [0.29, 0.717) is 20.8 Å². The zero-order chi connectivity index (χ0) is 10.3. The third kappa shape index (κ3) is 1.42. The molecule has 1 N–H and O–H groups in total. The second-order valence-corrected chi connectivity index (χ2v) is 4.07. The second kappa shape index (κ2) is 3.50. The summed E-state index contributed by atoms with van der Waals surface area (Å²) < 4.78 is 0. The molecule has 72 valence electrons. The third-order valence-corrected chi connectivity index (χ3v) is 2.89. The third-order valence-electron chi connectivity index (χ3n) is 1.99. The van der Waals surface area contributed by atoms with Gasteiger partial charge in [0.1, 0.15) is 5.75 Å². The van der Waals surface area contributed by atoms with E-state index in [2.05, 4.69) is 0 Å². The van der Waals surface area contributed by atoms with Crippen molar-refractivity contribution < 1.29 is 5.11 Å². The molecule has 2 aromatic rings. The first-order valence-corrected chi connectivity index (χ1v) is 5.00. The van der Waals surface area contributed by atoms with Crippen LogP contribution in [0.3, 0.4) is 0 Å². The predicted molar refractivity (Wildman–Crippen MR) is 60.6 cm³/mol. The molecule has 0 aliphatic heterocycles. The summed E-state index contributed by atoms with van der Waals surface area (Å²) in [6.07, 6.45) is 0. The number of rotatable bonds is 0. The lowest BCUT2D eigenvalue weighted by molar-refractivity contribution is 0.482. The van der Waals surface area contributed by atoms with E-state index >= 15 is 0 Å². The molecule has 14 heavy (non-hydrogen) atoms. The van der Waals surface area contributed by atoms with Crippen LogP contribution in [-0.2, 0) is 0 Å². The minimum absolute atomic E-state index is 0.00793. The highest BCUT2D eigenvalue weighted by atomic mass is 35.5. The summed E-state index contributed by atoms with van der Waals surface area (Å²) in [5, 5.41) is 12.0. The molecule has 0 aliphatic rings. The summed E-state index contributed by atoms with van der Waals surface area (Å²) in [4.78, 5) is 0. The van der Waals surface area contributed by atoms with Crippen molar-refractivity contribution in [3.8, 4) is 5.75 Å². The molecule has 2 rings (SSSR count). The zero-order valence-corrected chi connectivity index (χ0v) is 9.16. The molecule has 0 aliphatic carbocycles. The molecule has 0 unspecified atom stereocenters. The van der Waals surface area contributed by atoms with Crippen LogP contribution in [0.5, 0.6) is 5.75 Å². The Morgan fingerprint density at radius 1 is 0.929 bits per heavy atom. The molecule has 0 amide bonds. The first kappa shape index (κ1) is 9.91. The smallest absolute Gasteiger partial charge is 0.142 e. The number of phenolic OH excluding ortho intramolecular Hbond substituents is 1.